The molecule has 0 aliphatic heterocycles. The molecule has 0 saturated heterocycles. The fourth-order valence-electron chi connectivity index (χ4n) is 1.35. The Labute approximate surface area is 124 Å². The van der Waals surface area contributed by atoms with Crippen LogP contribution in [0, 0.1) is 0 Å². The van der Waals surface area contributed by atoms with Gasteiger partial charge in [-0.05, 0) is 36.4 Å². The number of benzene rings is 2. The molecule has 0 aliphatic carbocycles. The van der Waals surface area contributed by atoms with E-state index in [0.717, 1.165) is 0 Å². The van der Waals surface area contributed by atoms with Crippen molar-refractivity contribution in [1.82, 2.24) is 0 Å². The van der Waals surface area contributed by atoms with E-state index in [1.807, 2.05) is 0 Å². The Morgan fingerprint density at radius 1 is 1.00 bits per heavy atom. The van der Waals surface area contributed by atoms with Gasteiger partial charge in [0.1, 0.15) is 11.5 Å². The molecule has 0 fully saturated rings. The lowest BCUT2D eigenvalue weighted by Crippen LogP contribution is -2.08. The molecule has 0 aliphatic rings. The normalized spacial score (nSPS) is 10.3. The minimum absolute atomic E-state index is 0.0663. The molecule has 0 unspecified atom stereocenters. The maximum absolute atomic E-state index is 11.9. The fourth-order valence-corrected chi connectivity index (χ4v) is 1.98. The van der Waals surface area contributed by atoms with Gasteiger partial charge < -0.3 is 9.84 Å². The number of phenolic OH excluding ortho intramolecular Hbond substituents is 1. The fraction of sp³-hybridized carbons (Fsp3) is 0. The largest absolute Gasteiger partial charge is 0.506 e. The van der Waals surface area contributed by atoms with E-state index in [0.29, 0.717) is 5.02 Å². The van der Waals surface area contributed by atoms with Gasteiger partial charge in [0.2, 0.25) is 0 Å². The number of halogens is 3. The van der Waals surface area contributed by atoms with Gasteiger partial charge >= 0.3 is 5.97 Å². The molecule has 98 valence electrons. The lowest BCUT2D eigenvalue weighted by Gasteiger charge is -2.07. The molecule has 6 heteroatoms. The van der Waals surface area contributed by atoms with E-state index >= 15 is 0 Å². The third kappa shape index (κ3) is 3.32. The number of phenols is 1. The standard InChI is InChI=1S/C13H7Cl3O3/c14-8-2-4-12(10(16)6-8)19-13(18)7-1-3-11(17)9(15)5-7/h1-6,17H. The molecule has 0 atom stereocenters. The summed E-state index contributed by atoms with van der Waals surface area (Å²) >= 11 is 17.3. The van der Waals surface area contributed by atoms with Crippen molar-refractivity contribution in [2.45, 2.75) is 0 Å². The maximum atomic E-state index is 11.9. The molecular weight excluding hydrogens is 310 g/mol. The van der Waals surface area contributed by atoms with Crippen molar-refractivity contribution >= 4 is 40.8 Å². The van der Waals surface area contributed by atoms with Gasteiger partial charge in [-0.1, -0.05) is 34.8 Å². The number of hydrogen-bond acceptors (Lipinski definition) is 3. The van der Waals surface area contributed by atoms with Gasteiger partial charge in [0, 0.05) is 5.02 Å². The molecule has 3 nitrogen and oxygen atoms in total. The van der Waals surface area contributed by atoms with Crippen LogP contribution in [-0.2, 0) is 0 Å². The van der Waals surface area contributed by atoms with Crippen LogP contribution in [0.1, 0.15) is 10.4 Å². The zero-order valence-electron chi connectivity index (χ0n) is 9.36. The maximum Gasteiger partial charge on any atom is 0.343 e. The summed E-state index contributed by atoms with van der Waals surface area (Å²) in [7, 11) is 0. The first-order valence-corrected chi connectivity index (χ1v) is 6.26. The number of ether oxygens (including phenoxy) is 1. The van der Waals surface area contributed by atoms with Crippen molar-refractivity contribution in [2.75, 3.05) is 0 Å². The highest BCUT2D eigenvalue weighted by Gasteiger charge is 2.13. The quantitative estimate of drug-likeness (QED) is 0.652. The summed E-state index contributed by atoms with van der Waals surface area (Å²) in [5, 5.41) is 10.0. The second-order valence-electron chi connectivity index (χ2n) is 3.63. The summed E-state index contributed by atoms with van der Waals surface area (Å²) < 4.78 is 5.11. The van der Waals surface area contributed by atoms with E-state index < -0.39 is 5.97 Å². The molecule has 0 spiro atoms. The van der Waals surface area contributed by atoms with Crippen molar-refractivity contribution in [1.29, 1.82) is 0 Å². The van der Waals surface area contributed by atoms with Crippen LogP contribution < -0.4 is 4.74 Å². The number of aromatic hydroxyl groups is 1. The van der Waals surface area contributed by atoms with Gasteiger partial charge in [-0.2, -0.15) is 0 Å². The van der Waals surface area contributed by atoms with Crippen molar-refractivity contribution in [3.8, 4) is 11.5 Å². The zero-order valence-corrected chi connectivity index (χ0v) is 11.6. The summed E-state index contributed by atoms with van der Waals surface area (Å²) in [6.07, 6.45) is 0. The lowest BCUT2D eigenvalue weighted by molar-refractivity contribution is 0.0735. The number of carbonyl (C=O) groups excluding carboxylic acids is 1. The number of carbonyl (C=O) groups is 1. The number of esters is 1. The molecule has 0 heterocycles. The summed E-state index contributed by atoms with van der Waals surface area (Å²) in [6.45, 7) is 0. The Hall–Kier alpha value is -1.42. The van der Waals surface area contributed by atoms with Crippen LogP contribution in [0.4, 0.5) is 0 Å². The topological polar surface area (TPSA) is 46.5 Å². The average molecular weight is 318 g/mol. The van der Waals surface area contributed by atoms with E-state index in [4.69, 9.17) is 39.5 Å². The Kier molecular flexibility index (Phi) is 4.20. The molecule has 0 radical (unpaired) electrons. The van der Waals surface area contributed by atoms with Gasteiger partial charge in [0.15, 0.2) is 0 Å². The van der Waals surface area contributed by atoms with Crippen molar-refractivity contribution in [3.05, 3.63) is 57.0 Å². The molecule has 19 heavy (non-hydrogen) atoms. The SMILES string of the molecule is O=C(Oc1ccc(Cl)cc1Cl)c1ccc(O)c(Cl)c1. The van der Waals surface area contributed by atoms with E-state index in [-0.39, 0.29) is 27.1 Å². The van der Waals surface area contributed by atoms with Gasteiger partial charge in [0.05, 0.1) is 15.6 Å². The second kappa shape index (κ2) is 5.70. The highest BCUT2D eigenvalue weighted by molar-refractivity contribution is 6.35. The van der Waals surface area contributed by atoms with Crippen LogP contribution in [0.2, 0.25) is 15.1 Å². The van der Waals surface area contributed by atoms with Crippen molar-refractivity contribution in [3.63, 3.8) is 0 Å². The highest BCUT2D eigenvalue weighted by atomic mass is 35.5. The van der Waals surface area contributed by atoms with Crippen LogP contribution in [0.25, 0.3) is 0 Å². The van der Waals surface area contributed by atoms with Crippen LogP contribution >= 0.6 is 34.8 Å². The zero-order chi connectivity index (χ0) is 14.0. The summed E-state index contributed by atoms with van der Waals surface area (Å²) in [4.78, 5) is 11.9. The minimum Gasteiger partial charge on any atom is -0.506 e. The molecule has 2 aromatic rings. The molecule has 0 amide bonds. The smallest absolute Gasteiger partial charge is 0.343 e. The molecule has 2 aromatic carbocycles. The highest BCUT2D eigenvalue weighted by Crippen LogP contribution is 2.29. The van der Waals surface area contributed by atoms with Gasteiger partial charge in [-0.15, -0.1) is 0 Å². The summed E-state index contributed by atoms with van der Waals surface area (Å²) in [5.74, 6) is -0.547. The van der Waals surface area contributed by atoms with Crippen LogP contribution in [0.5, 0.6) is 11.5 Å². The second-order valence-corrected chi connectivity index (χ2v) is 4.88. The number of hydrogen-bond donors (Lipinski definition) is 1. The molecular formula is C13H7Cl3O3. The van der Waals surface area contributed by atoms with Gasteiger partial charge in [-0.3, -0.25) is 0 Å². The molecule has 0 bridgehead atoms. The predicted octanol–water partition coefficient (Wildman–Crippen LogP) is 4.57. The summed E-state index contributed by atoms with van der Waals surface area (Å²) in [6, 6.07) is 8.53. The van der Waals surface area contributed by atoms with Crippen LogP contribution in [0.15, 0.2) is 36.4 Å². The first-order chi connectivity index (χ1) is 8.97. The van der Waals surface area contributed by atoms with Crippen LogP contribution in [0.3, 0.4) is 0 Å². The van der Waals surface area contributed by atoms with E-state index in [1.54, 1.807) is 6.07 Å². The minimum atomic E-state index is -0.633. The molecule has 0 aromatic heterocycles. The van der Waals surface area contributed by atoms with E-state index in [1.165, 1.54) is 30.3 Å². The predicted molar refractivity (Wildman–Crippen MR) is 74.5 cm³/mol. The molecule has 1 N–H and O–H groups in total. The average Bonchev–Trinajstić information content (AvgIpc) is 2.36. The Balaban J connectivity index is 2.23. The molecule has 2 rings (SSSR count). The lowest BCUT2D eigenvalue weighted by atomic mass is 10.2. The third-order valence-electron chi connectivity index (χ3n) is 2.28. The number of rotatable bonds is 2. The van der Waals surface area contributed by atoms with E-state index in [2.05, 4.69) is 0 Å². The first kappa shape index (κ1) is 14.0. The van der Waals surface area contributed by atoms with Crippen molar-refractivity contribution in [2.24, 2.45) is 0 Å². The first-order valence-electron chi connectivity index (χ1n) is 5.13. The summed E-state index contributed by atoms with van der Waals surface area (Å²) in [5.41, 5.74) is 0.203. The monoisotopic (exact) mass is 316 g/mol. The van der Waals surface area contributed by atoms with Crippen molar-refractivity contribution < 1.29 is 14.6 Å². The Morgan fingerprint density at radius 3 is 2.37 bits per heavy atom. The molecule has 0 saturated carbocycles. The van der Waals surface area contributed by atoms with Crippen LogP contribution in [-0.4, -0.2) is 11.1 Å². The third-order valence-corrected chi connectivity index (χ3v) is 3.11. The van der Waals surface area contributed by atoms with Gasteiger partial charge in [-0.25, -0.2) is 4.79 Å². The Bertz CT molecular complexity index is 641. The van der Waals surface area contributed by atoms with Gasteiger partial charge in [0.25, 0.3) is 0 Å². The van der Waals surface area contributed by atoms with E-state index in [9.17, 15) is 9.90 Å². The Morgan fingerprint density at radius 2 is 1.74 bits per heavy atom.